The Morgan fingerprint density at radius 1 is 1.07 bits per heavy atom. The van der Waals surface area contributed by atoms with Crippen LogP contribution in [0.4, 0.5) is 5.69 Å². The summed E-state index contributed by atoms with van der Waals surface area (Å²) in [5, 5.41) is 8.54. The predicted octanol–water partition coefficient (Wildman–Crippen LogP) is 2.47. The SMILES string of the molecule is C[C@@H](OC(=O)/C=C/c1ccc2ccccc2n1)C(=O)Nc1ccc(S(N)(=O)=O)cc1. The van der Waals surface area contributed by atoms with Crippen LogP contribution in [0.1, 0.15) is 12.6 Å². The van der Waals surface area contributed by atoms with Crippen molar-refractivity contribution in [1.29, 1.82) is 0 Å². The molecule has 0 bridgehead atoms. The molecule has 9 heteroatoms. The van der Waals surface area contributed by atoms with Crippen molar-refractivity contribution in [2.45, 2.75) is 17.9 Å². The maximum atomic E-state index is 12.2. The van der Waals surface area contributed by atoms with Gasteiger partial charge in [-0.1, -0.05) is 24.3 Å². The summed E-state index contributed by atoms with van der Waals surface area (Å²) in [6.45, 7) is 1.42. The number of carbonyl (C=O) groups excluding carboxylic acids is 2. The van der Waals surface area contributed by atoms with Crippen LogP contribution in [0.3, 0.4) is 0 Å². The Bertz CT molecular complexity index is 1220. The van der Waals surface area contributed by atoms with Gasteiger partial charge in [0.15, 0.2) is 6.10 Å². The van der Waals surface area contributed by atoms with E-state index in [4.69, 9.17) is 9.88 Å². The number of ether oxygens (including phenoxy) is 1. The van der Waals surface area contributed by atoms with Crippen molar-refractivity contribution in [3.05, 3.63) is 72.4 Å². The van der Waals surface area contributed by atoms with Crippen LogP contribution in [0.15, 0.2) is 71.6 Å². The van der Waals surface area contributed by atoms with Crippen molar-refractivity contribution < 1.29 is 22.7 Å². The van der Waals surface area contributed by atoms with E-state index in [2.05, 4.69) is 10.3 Å². The number of hydrogen-bond acceptors (Lipinski definition) is 6. The third-order valence-electron chi connectivity index (χ3n) is 4.12. The zero-order chi connectivity index (χ0) is 21.7. The molecule has 0 aliphatic carbocycles. The second kappa shape index (κ2) is 8.85. The van der Waals surface area contributed by atoms with Gasteiger partial charge in [-0.3, -0.25) is 4.79 Å². The smallest absolute Gasteiger partial charge is 0.331 e. The number of sulfonamides is 1. The van der Waals surface area contributed by atoms with Gasteiger partial charge in [-0.25, -0.2) is 23.3 Å². The maximum Gasteiger partial charge on any atom is 0.331 e. The van der Waals surface area contributed by atoms with E-state index < -0.39 is 28.0 Å². The number of amides is 1. The molecule has 2 aromatic carbocycles. The van der Waals surface area contributed by atoms with Crippen LogP contribution in [0.2, 0.25) is 0 Å². The molecule has 1 amide bonds. The van der Waals surface area contributed by atoms with Gasteiger partial charge in [0, 0.05) is 17.1 Å². The van der Waals surface area contributed by atoms with Crippen LogP contribution in [0.5, 0.6) is 0 Å². The van der Waals surface area contributed by atoms with E-state index >= 15 is 0 Å². The van der Waals surface area contributed by atoms with Gasteiger partial charge in [0.05, 0.1) is 16.1 Å². The number of anilines is 1. The molecule has 30 heavy (non-hydrogen) atoms. The number of nitrogens with one attached hydrogen (secondary N) is 1. The van der Waals surface area contributed by atoms with E-state index in [0.29, 0.717) is 11.4 Å². The molecule has 0 unspecified atom stereocenters. The van der Waals surface area contributed by atoms with E-state index in [1.807, 2.05) is 30.3 Å². The lowest BCUT2D eigenvalue weighted by Gasteiger charge is -2.12. The van der Waals surface area contributed by atoms with Crippen molar-refractivity contribution >= 4 is 44.6 Å². The fourth-order valence-electron chi connectivity index (χ4n) is 2.57. The van der Waals surface area contributed by atoms with E-state index in [0.717, 1.165) is 10.9 Å². The summed E-state index contributed by atoms with van der Waals surface area (Å²) in [6, 6.07) is 16.6. The lowest BCUT2D eigenvalue weighted by Crippen LogP contribution is -2.29. The Hall–Kier alpha value is -3.56. The van der Waals surface area contributed by atoms with Gasteiger partial charge in [0.1, 0.15) is 0 Å². The van der Waals surface area contributed by atoms with Crippen LogP contribution in [0.25, 0.3) is 17.0 Å². The topological polar surface area (TPSA) is 128 Å². The number of benzene rings is 2. The molecule has 0 spiro atoms. The molecule has 0 fully saturated rings. The summed E-state index contributed by atoms with van der Waals surface area (Å²) >= 11 is 0. The van der Waals surface area contributed by atoms with E-state index in [1.165, 1.54) is 43.3 Å². The number of pyridine rings is 1. The summed E-state index contributed by atoms with van der Waals surface area (Å²) in [6.07, 6.45) is 1.64. The number of para-hydroxylation sites is 1. The number of nitrogens with two attached hydrogens (primary N) is 1. The number of nitrogens with zero attached hydrogens (tertiary/aromatic N) is 1. The molecule has 3 rings (SSSR count). The molecule has 3 aromatic rings. The number of aromatic nitrogens is 1. The summed E-state index contributed by atoms with van der Waals surface area (Å²) < 4.78 is 27.6. The highest BCUT2D eigenvalue weighted by atomic mass is 32.2. The standard InChI is InChI=1S/C21H19N3O5S/c1-14(21(26)24-17-8-11-18(12-9-17)30(22,27)28)29-20(25)13-10-16-7-6-15-4-2-3-5-19(15)23-16/h2-14H,1H3,(H,24,26)(H2,22,27,28)/b13-10+/t14-/m1/s1. The first kappa shape index (κ1) is 21.2. The van der Waals surface area contributed by atoms with Crippen LogP contribution in [-0.2, 0) is 24.3 Å². The van der Waals surface area contributed by atoms with Gasteiger partial charge in [-0.15, -0.1) is 0 Å². The minimum atomic E-state index is -3.82. The Kier molecular flexibility index (Phi) is 6.24. The highest BCUT2D eigenvalue weighted by molar-refractivity contribution is 7.89. The predicted molar refractivity (Wildman–Crippen MR) is 113 cm³/mol. The van der Waals surface area contributed by atoms with Crippen molar-refractivity contribution in [3.8, 4) is 0 Å². The second-order valence-electron chi connectivity index (χ2n) is 6.40. The molecule has 154 valence electrons. The van der Waals surface area contributed by atoms with Gasteiger partial charge < -0.3 is 10.1 Å². The highest BCUT2D eigenvalue weighted by Gasteiger charge is 2.17. The van der Waals surface area contributed by atoms with Gasteiger partial charge in [0.25, 0.3) is 5.91 Å². The number of esters is 1. The van der Waals surface area contributed by atoms with Gasteiger partial charge in [-0.2, -0.15) is 0 Å². The van der Waals surface area contributed by atoms with E-state index in [-0.39, 0.29) is 4.90 Å². The van der Waals surface area contributed by atoms with E-state index in [1.54, 1.807) is 6.07 Å². The summed E-state index contributed by atoms with van der Waals surface area (Å²) in [5.41, 5.74) is 1.72. The molecule has 0 aliphatic heterocycles. The van der Waals surface area contributed by atoms with Crippen LogP contribution < -0.4 is 10.5 Å². The molecular formula is C21H19N3O5S. The van der Waals surface area contributed by atoms with Crippen LogP contribution in [0, 0.1) is 0 Å². The third kappa shape index (κ3) is 5.49. The van der Waals surface area contributed by atoms with E-state index in [9.17, 15) is 18.0 Å². The quantitative estimate of drug-likeness (QED) is 0.461. The summed E-state index contributed by atoms with van der Waals surface area (Å²) in [7, 11) is -3.82. The molecule has 0 saturated carbocycles. The number of carbonyl (C=O) groups is 2. The van der Waals surface area contributed by atoms with Gasteiger partial charge in [-0.05, 0) is 49.4 Å². The lowest BCUT2D eigenvalue weighted by molar-refractivity contribution is -0.148. The van der Waals surface area contributed by atoms with Crippen LogP contribution >= 0.6 is 0 Å². The minimum Gasteiger partial charge on any atom is -0.449 e. The van der Waals surface area contributed by atoms with Gasteiger partial charge >= 0.3 is 5.97 Å². The zero-order valence-electron chi connectivity index (χ0n) is 16.0. The van der Waals surface area contributed by atoms with Crippen LogP contribution in [-0.4, -0.2) is 31.4 Å². The number of fused-ring (bicyclic) bond motifs is 1. The molecule has 1 heterocycles. The Balaban J connectivity index is 1.57. The Morgan fingerprint density at radius 3 is 2.47 bits per heavy atom. The van der Waals surface area contributed by atoms with Crippen molar-refractivity contribution in [1.82, 2.24) is 4.98 Å². The Labute approximate surface area is 173 Å². The normalized spacial score (nSPS) is 12.6. The first-order chi connectivity index (χ1) is 14.2. The first-order valence-corrected chi connectivity index (χ1v) is 10.5. The number of hydrogen-bond donors (Lipinski definition) is 2. The van der Waals surface area contributed by atoms with Crippen molar-refractivity contribution in [2.75, 3.05) is 5.32 Å². The fourth-order valence-corrected chi connectivity index (χ4v) is 3.08. The second-order valence-corrected chi connectivity index (χ2v) is 7.96. The van der Waals surface area contributed by atoms with Gasteiger partial charge in [0.2, 0.25) is 10.0 Å². The zero-order valence-corrected chi connectivity index (χ0v) is 16.8. The Morgan fingerprint density at radius 2 is 1.77 bits per heavy atom. The first-order valence-electron chi connectivity index (χ1n) is 8.90. The number of rotatable bonds is 6. The number of primary sulfonamides is 1. The third-order valence-corrected chi connectivity index (χ3v) is 5.05. The average molecular weight is 425 g/mol. The molecule has 0 radical (unpaired) electrons. The van der Waals surface area contributed by atoms with Crippen molar-refractivity contribution in [3.63, 3.8) is 0 Å². The minimum absolute atomic E-state index is 0.0765. The molecule has 0 aliphatic rings. The summed E-state index contributed by atoms with van der Waals surface area (Å²) in [5.74, 6) is -1.26. The monoisotopic (exact) mass is 425 g/mol. The summed E-state index contributed by atoms with van der Waals surface area (Å²) in [4.78, 5) is 28.5. The largest absolute Gasteiger partial charge is 0.449 e. The molecule has 0 saturated heterocycles. The molecule has 8 nitrogen and oxygen atoms in total. The molecular weight excluding hydrogens is 406 g/mol. The average Bonchev–Trinajstić information content (AvgIpc) is 2.71. The lowest BCUT2D eigenvalue weighted by atomic mass is 10.2. The molecule has 1 atom stereocenters. The highest BCUT2D eigenvalue weighted by Crippen LogP contribution is 2.14. The fraction of sp³-hybridized carbons (Fsp3) is 0.0952. The molecule has 3 N–H and O–H groups in total. The molecule has 1 aromatic heterocycles. The maximum absolute atomic E-state index is 12.2. The van der Waals surface area contributed by atoms with Crippen molar-refractivity contribution in [2.24, 2.45) is 5.14 Å².